The third kappa shape index (κ3) is 6.15. The Bertz CT molecular complexity index is 639. The molecule has 2 fully saturated rings. The normalized spacial score (nSPS) is 17.2. The fourth-order valence-corrected chi connectivity index (χ4v) is 3.63. The zero-order valence-electron chi connectivity index (χ0n) is 16.2. The minimum Gasteiger partial charge on any atom is -0.484 e. The van der Waals surface area contributed by atoms with Crippen LogP contribution in [0.25, 0.3) is 0 Å². The van der Waals surface area contributed by atoms with Crippen LogP contribution in [-0.4, -0.2) is 42.6 Å². The molecule has 2 aliphatic rings. The van der Waals surface area contributed by atoms with E-state index < -0.39 is 0 Å². The second kappa shape index (κ2) is 9.62. The summed E-state index contributed by atoms with van der Waals surface area (Å²) in [5, 5.41) is 5.73. The summed E-state index contributed by atoms with van der Waals surface area (Å²) in [5.74, 6) is 1.09. The van der Waals surface area contributed by atoms with E-state index in [1.165, 1.54) is 32.1 Å². The van der Waals surface area contributed by atoms with E-state index in [0.29, 0.717) is 29.9 Å². The number of carbonyl (C=O) groups is 2. The molecule has 0 aromatic heterocycles. The number of amides is 3. The number of hydrogen-bond donors (Lipinski definition) is 2. The van der Waals surface area contributed by atoms with Gasteiger partial charge in [-0.05, 0) is 50.7 Å². The number of urea groups is 1. The highest BCUT2D eigenvalue weighted by Gasteiger charge is 2.31. The molecule has 148 valence electrons. The van der Waals surface area contributed by atoms with Crippen molar-refractivity contribution in [3.63, 3.8) is 0 Å². The molecule has 0 saturated heterocycles. The van der Waals surface area contributed by atoms with E-state index in [-0.39, 0.29) is 18.5 Å². The van der Waals surface area contributed by atoms with Crippen LogP contribution >= 0.6 is 0 Å². The minimum absolute atomic E-state index is 0.0188. The van der Waals surface area contributed by atoms with Crippen LogP contribution in [0.15, 0.2) is 24.3 Å². The van der Waals surface area contributed by atoms with Gasteiger partial charge in [0.25, 0.3) is 5.91 Å². The molecule has 0 spiro atoms. The zero-order valence-corrected chi connectivity index (χ0v) is 16.2. The van der Waals surface area contributed by atoms with Gasteiger partial charge in [-0.15, -0.1) is 0 Å². The molecule has 1 aromatic carbocycles. The first kappa shape index (κ1) is 19.5. The molecule has 6 nitrogen and oxygen atoms in total. The van der Waals surface area contributed by atoms with E-state index in [4.69, 9.17) is 4.74 Å². The Morgan fingerprint density at radius 3 is 2.63 bits per heavy atom. The molecule has 0 aliphatic heterocycles. The van der Waals surface area contributed by atoms with E-state index in [0.717, 1.165) is 19.4 Å². The van der Waals surface area contributed by atoms with E-state index in [9.17, 15) is 9.59 Å². The third-order valence-corrected chi connectivity index (χ3v) is 5.26. The Morgan fingerprint density at radius 1 is 1.15 bits per heavy atom. The molecular formula is C21H31N3O3. The summed E-state index contributed by atoms with van der Waals surface area (Å²) >= 11 is 0. The largest absolute Gasteiger partial charge is 0.484 e. The Balaban J connectivity index is 1.59. The van der Waals surface area contributed by atoms with Gasteiger partial charge in [-0.1, -0.05) is 25.3 Å². The topological polar surface area (TPSA) is 70.7 Å². The average Bonchev–Trinajstić information content (AvgIpc) is 3.50. The fourth-order valence-electron chi connectivity index (χ4n) is 3.63. The maximum Gasteiger partial charge on any atom is 0.322 e. The van der Waals surface area contributed by atoms with E-state index in [1.807, 2.05) is 19.1 Å². The van der Waals surface area contributed by atoms with Crippen molar-refractivity contribution in [1.29, 1.82) is 0 Å². The summed E-state index contributed by atoms with van der Waals surface area (Å²) in [6.07, 6.45) is 8.38. The standard InChI is InChI=1S/C21H31N3O3/c1-2-22-20(25)15-27-19-10-6-7-17(13-19)23-21(26)24(14-16-11-12-16)18-8-4-3-5-9-18/h6-7,10,13,16,18H,2-5,8-9,11-12,14-15H2,1H3,(H,22,25)(H,23,26). The van der Waals surface area contributed by atoms with Crippen molar-refractivity contribution < 1.29 is 14.3 Å². The molecule has 2 N–H and O–H groups in total. The quantitative estimate of drug-likeness (QED) is 0.728. The lowest BCUT2D eigenvalue weighted by atomic mass is 9.94. The van der Waals surface area contributed by atoms with Crippen molar-refractivity contribution in [3.8, 4) is 5.75 Å². The second-order valence-corrected chi connectivity index (χ2v) is 7.59. The van der Waals surface area contributed by atoms with Gasteiger partial charge in [0.1, 0.15) is 5.75 Å². The van der Waals surface area contributed by atoms with Gasteiger partial charge in [0.2, 0.25) is 0 Å². The van der Waals surface area contributed by atoms with Gasteiger partial charge in [-0.25, -0.2) is 4.79 Å². The molecule has 1 aromatic rings. The summed E-state index contributed by atoms with van der Waals surface area (Å²) in [6, 6.07) is 7.58. The molecule has 0 heterocycles. The van der Waals surface area contributed by atoms with Crippen molar-refractivity contribution in [2.75, 3.05) is 25.0 Å². The van der Waals surface area contributed by atoms with Crippen molar-refractivity contribution in [1.82, 2.24) is 10.2 Å². The monoisotopic (exact) mass is 373 g/mol. The van der Waals surface area contributed by atoms with Crippen molar-refractivity contribution in [3.05, 3.63) is 24.3 Å². The first-order valence-electron chi connectivity index (χ1n) is 10.2. The van der Waals surface area contributed by atoms with Gasteiger partial charge in [-0.3, -0.25) is 4.79 Å². The Morgan fingerprint density at radius 2 is 1.93 bits per heavy atom. The van der Waals surface area contributed by atoms with Crippen LogP contribution in [0.5, 0.6) is 5.75 Å². The molecule has 6 heteroatoms. The number of carbonyl (C=O) groups excluding carboxylic acids is 2. The predicted molar refractivity (Wildman–Crippen MR) is 106 cm³/mol. The molecule has 3 rings (SSSR count). The number of benzene rings is 1. The average molecular weight is 373 g/mol. The van der Waals surface area contributed by atoms with Crippen molar-refractivity contribution in [2.24, 2.45) is 5.92 Å². The molecule has 2 aliphatic carbocycles. The van der Waals surface area contributed by atoms with Crippen LogP contribution in [0.1, 0.15) is 51.9 Å². The summed E-state index contributed by atoms with van der Waals surface area (Å²) in [7, 11) is 0. The minimum atomic E-state index is -0.153. The van der Waals surface area contributed by atoms with Crippen LogP contribution in [0.2, 0.25) is 0 Å². The van der Waals surface area contributed by atoms with Gasteiger partial charge in [0.15, 0.2) is 6.61 Å². The van der Waals surface area contributed by atoms with Crippen LogP contribution in [-0.2, 0) is 4.79 Å². The molecule has 0 atom stereocenters. The fraction of sp³-hybridized carbons (Fsp3) is 0.619. The highest BCUT2D eigenvalue weighted by atomic mass is 16.5. The molecule has 0 radical (unpaired) electrons. The molecule has 0 unspecified atom stereocenters. The summed E-state index contributed by atoms with van der Waals surface area (Å²) in [4.78, 5) is 26.5. The van der Waals surface area contributed by atoms with Crippen molar-refractivity contribution in [2.45, 2.75) is 57.9 Å². The van der Waals surface area contributed by atoms with Gasteiger partial charge >= 0.3 is 6.03 Å². The highest BCUT2D eigenvalue weighted by Crippen LogP contribution is 2.33. The lowest BCUT2D eigenvalue weighted by Gasteiger charge is -2.34. The number of hydrogen-bond acceptors (Lipinski definition) is 3. The summed E-state index contributed by atoms with van der Waals surface area (Å²) in [5.41, 5.74) is 0.699. The molecular weight excluding hydrogens is 342 g/mol. The zero-order chi connectivity index (χ0) is 19.1. The Labute approximate surface area is 161 Å². The number of rotatable bonds is 8. The van der Waals surface area contributed by atoms with Crippen LogP contribution < -0.4 is 15.4 Å². The molecule has 0 bridgehead atoms. The second-order valence-electron chi connectivity index (χ2n) is 7.59. The lowest BCUT2D eigenvalue weighted by Crippen LogP contribution is -2.45. The first-order chi connectivity index (χ1) is 13.2. The first-order valence-corrected chi connectivity index (χ1v) is 10.2. The van der Waals surface area contributed by atoms with Gasteiger partial charge in [0, 0.05) is 30.9 Å². The number of nitrogens with zero attached hydrogens (tertiary/aromatic N) is 1. The molecule has 2 saturated carbocycles. The van der Waals surface area contributed by atoms with Gasteiger partial charge < -0.3 is 20.3 Å². The van der Waals surface area contributed by atoms with Gasteiger partial charge in [0.05, 0.1) is 0 Å². The van der Waals surface area contributed by atoms with Crippen LogP contribution in [0, 0.1) is 5.92 Å². The van der Waals surface area contributed by atoms with E-state index in [2.05, 4.69) is 15.5 Å². The number of ether oxygens (including phenoxy) is 1. The Kier molecular flexibility index (Phi) is 6.96. The number of anilines is 1. The van der Waals surface area contributed by atoms with E-state index in [1.54, 1.807) is 12.1 Å². The maximum atomic E-state index is 12.9. The SMILES string of the molecule is CCNC(=O)COc1cccc(NC(=O)N(CC2CC2)C2CCCCC2)c1. The maximum absolute atomic E-state index is 12.9. The van der Waals surface area contributed by atoms with Crippen LogP contribution in [0.4, 0.5) is 10.5 Å². The smallest absolute Gasteiger partial charge is 0.322 e. The summed E-state index contributed by atoms with van der Waals surface area (Å²) < 4.78 is 5.52. The number of likely N-dealkylation sites (N-methyl/N-ethyl adjacent to an activating group) is 1. The predicted octanol–water partition coefficient (Wildman–Crippen LogP) is 3.78. The highest BCUT2D eigenvalue weighted by molar-refractivity contribution is 5.89. The third-order valence-electron chi connectivity index (χ3n) is 5.26. The van der Waals surface area contributed by atoms with E-state index >= 15 is 0 Å². The Hall–Kier alpha value is -2.24. The number of nitrogens with one attached hydrogen (secondary N) is 2. The van der Waals surface area contributed by atoms with Crippen LogP contribution in [0.3, 0.4) is 0 Å². The molecule has 27 heavy (non-hydrogen) atoms. The molecule has 3 amide bonds. The van der Waals surface area contributed by atoms with Gasteiger partial charge in [-0.2, -0.15) is 0 Å². The lowest BCUT2D eigenvalue weighted by molar-refractivity contribution is -0.122. The van der Waals surface area contributed by atoms with Crippen molar-refractivity contribution >= 4 is 17.6 Å². The summed E-state index contributed by atoms with van der Waals surface area (Å²) in [6.45, 7) is 3.29.